The van der Waals surface area contributed by atoms with Gasteiger partial charge < -0.3 is 5.73 Å². The van der Waals surface area contributed by atoms with Gasteiger partial charge in [-0.15, -0.1) is 4.91 Å². The molecule has 0 radical (unpaired) electrons. The van der Waals surface area contributed by atoms with Gasteiger partial charge in [-0.2, -0.15) is 0 Å². The van der Waals surface area contributed by atoms with Gasteiger partial charge >= 0.3 is 0 Å². The molecule has 23 heavy (non-hydrogen) atoms. The fourth-order valence-corrected chi connectivity index (χ4v) is 2.55. The predicted octanol–water partition coefficient (Wildman–Crippen LogP) is 3.82. The van der Waals surface area contributed by atoms with Gasteiger partial charge in [0.2, 0.25) is 5.91 Å². The van der Waals surface area contributed by atoms with Gasteiger partial charge in [0.25, 0.3) is 0 Å². The Morgan fingerprint density at radius 3 is 2.26 bits per heavy atom. The Bertz CT molecular complexity index is 931. The fourth-order valence-electron chi connectivity index (χ4n) is 2.55. The molecule has 5 nitrogen and oxygen atoms in total. The Morgan fingerprint density at radius 2 is 1.65 bits per heavy atom. The van der Waals surface area contributed by atoms with E-state index in [0.717, 1.165) is 16.5 Å². The molecule has 0 saturated carbocycles. The maximum Gasteiger partial charge on any atom is 0.248 e. The maximum atomic E-state index is 11.2. The molecule has 5 heteroatoms. The summed E-state index contributed by atoms with van der Waals surface area (Å²) >= 11 is 0. The number of hydrogen-bond acceptors (Lipinski definition) is 4. The Labute approximate surface area is 131 Å². The monoisotopic (exact) mass is 304 g/mol. The third-order valence-corrected chi connectivity index (χ3v) is 3.76. The topological polar surface area (TPSA) is 89.6 Å². The average Bonchev–Trinajstić information content (AvgIpc) is 2.60. The number of carbonyl (C=O) groups is 2. The lowest BCUT2D eigenvalue weighted by Gasteiger charge is -2.07. The van der Waals surface area contributed by atoms with Gasteiger partial charge in [-0.1, -0.05) is 30.3 Å². The van der Waals surface area contributed by atoms with Crippen molar-refractivity contribution in [2.75, 3.05) is 0 Å². The second kappa shape index (κ2) is 5.81. The number of nitroso groups, excluding NO2 is 1. The van der Waals surface area contributed by atoms with Crippen LogP contribution in [0.1, 0.15) is 20.7 Å². The Hall–Kier alpha value is -3.34. The van der Waals surface area contributed by atoms with E-state index < -0.39 is 5.91 Å². The van der Waals surface area contributed by atoms with Gasteiger partial charge in [0.05, 0.1) is 5.56 Å². The highest BCUT2D eigenvalue weighted by Crippen LogP contribution is 2.30. The van der Waals surface area contributed by atoms with Gasteiger partial charge in [-0.25, -0.2) is 0 Å². The van der Waals surface area contributed by atoms with Crippen LogP contribution in [0.4, 0.5) is 5.69 Å². The number of fused-ring (bicyclic) bond motifs is 1. The zero-order valence-electron chi connectivity index (χ0n) is 12.0. The summed E-state index contributed by atoms with van der Waals surface area (Å²) in [4.78, 5) is 33.1. The summed E-state index contributed by atoms with van der Waals surface area (Å²) in [5.41, 5.74) is 7.94. The zero-order valence-corrected chi connectivity index (χ0v) is 12.0. The van der Waals surface area contributed by atoms with Crippen LogP contribution in [0.2, 0.25) is 0 Å². The van der Waals surface area contributed by atoms with Crippen LogP contribution in [0, 0.1) is 4.91 Å². The lowest BCUT2D eigenvalue weighted by atomic mass is 9.97. The van der Waals surface area contributed by atoms with E-state index in [1.54, 1.807) is 24.3 Å². The number of nitrogens with zero attached hydrogens (tertiary/aromatic N) is 1. The van der Waals surface area contributed by atoms with Crippen molar-refractivity contribution in [2.45, 2.75) is 0 Å². The van der Waals surface area contributed by atoms with Crippen LogP contribution in [0.3, 0.4) is 0 Å². The van der Waals surface area contributed by atoms with E-state index in [1.807, 2.05) is 24.3 Å². The van der Waals surface area contributed by atoms with Crippen LogP contribution in [0.5, 0.6) is 0 Å². The van der Waals surface area contributed by atoms with Crippen molar-refractivity contribution in [3.63, 3.8) is 0 Å². The van der Waals surface area contributed by atoms with Crippen molar-refractivity contribution in [1.82, 2.24) is 0 Å². The summed E-state index contributed by atoms with van der Waals surface area (Å²) in [6.45, 7) is 0. The second-order valence-electron chi connectivity index (χ2n) is 5.09. The van der Waals surface area contributed by atoms with Crippen LogP contribution in [0.25, 0.3) is 21.9 Å². The number of rotatable bonds is 4. The first-order valence-corrected chi connectivity index (χ1v) is 6.89. The summed E-state index contributed by atoms with van der Waals surface area (Å²) in [5, 5.41) is 4.38. The van der Waals surface area contributed by atoms with Crippen molar-refractivity contribution in [3.8, 4) is 11.1 Å². The van der Waals surface area contributed by atoms with E-state index in [4.69, 9.17) is 5.73 Å². The molecule has 112 valence electrons. The highest BCUT2D eigenvalue weighted by molar-refractivity contribution is 6.04. The van der Waals surface area contributed by atoms with Gasteiger partial charge in [0.1, 0.15) is 5.69 Å². The molecule has 0 aliphatic rings. The molecule has 3 rings (SSSR count). The van der Waals surface area contributed by atoms with Crippen LogP contribution in [-0.2, 0) is 0 Å². The molecule has 2 N–H and O–H groups in total. The molecule has 0 unspecified atom stereocenters. The molecule has 0 fully saturated rings. The van der Waals surface area contributed by atoms with E-state index in [2.05, 4.69) is 5.18 Å². The minimum Gasteiger partial charge on any atom is -0.366 e. The minimum atomic E-state index is -0.473. The van der Waals surface area contributed by atoms with Gasteiger partial charge in [0, 0.05) is 5.56 Å². The predicted molar refractivity (Wildman–Crippen MR) is 88.7 cm³/mol. The number of benzene rings is 3. The first kappa shape index (κ1) is 14.6. The molecule has 0 aromatic heterocycles. The van der Waals surface area contributed by atoms with Gasteiger partial charge in [-0.05, 0) is 51.3 Å². The van der Waals surface area contributed by atoms with Crippen molar-refractivity contribution in [1.29, 1.82) is 0 Å². The lowest BCUT2D eigenvalue weighted by molar-refractivity contribution is 0.1000. The molecule has 0 bridgehead atoms. The fraction of sp³-hybridized carbons (Fsp3) is 0. The van der Waals surface area contributed by atoms with Gasteiger partial charge in [-0.3, -0.25) is 9.59 Å². The van der Waals surface area contributed by atoms with Crippen LogP contribution in [-0.4, -0.2) is 12.2 Å². The molecule has 3 aromatic carbocycles. The standard InChI is InChI=1S/C18H12N2O3/c19-18(22)12-3-1-11(2-4-12)13-5-7-15-14(9-13)6-8-17(20-23)16(15)10-21/h1-10H,(H2,19,22). The van der Waals surface area contributed by atoms with Crippen molar-refractivity contribution in [3.05, 3.63) is 70.6 Å². The minimum absolute atomic E-state index is 0.131. The number of nitrogens with two attached hydrogens (primary N) is 1. The number of amides is 1. The summed E-state index contributed by atoms with van der Waals surface area (Å²) in [6, 6.07) is 15.8. The van der Waals surface area contributed by atoms with Crippen molar-refractivity contribution >= 4 is 28.7 Å². The van der Waals surface area contributed by atoms with Crippen LogP contribution in [0.15, 0.2) is 59.8 Å². The molecule has 1 amide bonds. The molecule has 0 atom stereocenters. The summed E-state index contributed by atoms with van der Waals surface area (Å²) < 4.78 is 0. The largest absolute Gasteiger partial charge is 0.366 e. The molecule has 0 spiro atoms. The Kier molecular flexibility index (Phi) is 3.68. The second-order valence-corrected chi connectivity index (χ2v) is 5.09. The third kappa shape index (κ3) is 2.60. The molecule has 0 aliphatic heterocycles. The first-order chi connectivity index (χ1) is 11.1. The summed E-state index contributed by atoms with van der Waals surface area (Å²) in [7, 11) is 0. The highest BCUT2D eigenvalue weighted by Gasteiger charge is 2.09. The maximum absolute atomic E-state index is 11.2. The summed E-state index contributed by atoms with van der Waals surface area (Å²) in [6.07, 6.45) is 0.639. The lowest BCUT2D eigenvalue weighted by Crippen LogP contribution is -2.10. The van der Waals surface area contributed by atoms with Crippen LogP contribution >= 0.6 is 0 Å². The number of hydrogen-bond donors (Lipinski definition) is 1. The SMILES string of the molecule is NC(=O)c1ccc(-c2ccc3c(C=O)c(N=O)ccc3c2)cc1. The molecule has 3 aromatic rings. The molecular weight excluding hydrogens is 292 g/mol. The Morgan fingerprint density at radius 1 is 0.957 bits per heavy atom. The van der Waals surface area contributed by atoms with E-state index in [-0.39, 0.29) is 11.3 Å². The van der Waals surface area contributed by atoms with E-state index in [0.29, 0.717) is 17.2 Å². The quantitative estimate of drug-likeness (QED) is 0.587. The Balaban J connectivity index is 2.11. The highest BCUT2D eigenvalue weighted by atomic mass is 16.3. The van der Waals surface area contributed by atoms with Crippen molar-refractivity contribution in [2.24, 2.45) is 10.9 Å². The summed E-state index contributed by atoms with van der Waals surface area (Å²) in [5.74, 6) is -0.473. The van der Waals surface area contributed by atoms with Crippen molar-refractivity contribution < 1.29 is 9.59 Å². The molecular formula is C18H12N2O3. The van der Waals surface area contributed by atoms with E-state index in [9.17, 15) is 14.5 Å². The van der Waals surface area contributed by atoms with Crippen LogP contribution < -0.4 is 5.73 Å². The average molecular weight is 304 g/mol. The normalized spacial score (nSPS) is 10.4. The molecule has 0 saturated heterocycles. The number of carbonyl (C=O) groups excluding carboxylic acids is 2. The van der Waals surface area contributed by atoms with E-state index in [1.165, 1.54) is 6.07 Å². The van der Waals surface area contributed by atoms with E-state index >= 15 is 0 Å². The van der Waals surface area contributed by atoms with Gasteiger partial charge in [0.15, 0.2) is 6.29 Å². The zero-order chi connectivity index (χ0) is 16.4. The third-order valence-electron chi connectivity index (χ3n) is 3.76. The molecule has 0 heterocycles. The smallest absolute Gasteiger partial charge is 0.248 e. The number of aldehydes is 1. The number of primary amides is 1. The first-order valence-electron chi connectivity index (χ1n) is 6.89. The molecule has 0 aliphatic carbocycles.